The van der Waals surface area contributed by atoms with Crippen molar-refractivity contribution in [2.75, 3.05) is 6.61 Å². The van der Waals surface area contributed by atoms with Gasteiger partial charge in [-0.05, 0) is 17.7 Å². The van der Waals surface area contributed by atoms with E-state index >= 15 is 0 Å². The molecule has 6 N–H and O–H groups in total. The lowest BCUT2D eigenvalue weighted by Crippen LogP contribution is -2.09. The van der Waals surface area contributed by atoms with Crippen LogP contribution in [-0.2, 0) is 9.59 Å². The molecule has 1 unspecified atom stereocenters. The van der Waals surface area contributed by atoms with Crippen LogP contribution in [0.1, 0.15) is 11.7 Å². The van der Waals surface area contributed by atoms with Crippen LogP contribution in [0.4, 0.5) is 0 Å². The number of rotatable bonds is 3. The number of aliphatic carboxylic acids is 2. The van der Waals surface area contributed by atoms with Crippen molar-refractivity contribution in [3.8, 4) is 11.5 Å². The lowest BCUT2D eigenvalue weighted by Gasteiger charge is -2.06. The molecule has 0 bridgehead atoms. The Bertz CT molecular complexity index is 428. The van der Waals surface area contributed by atoms with Gasteiger partial charge < -0.3 is 30.6 Å². The minimum atomic E-state index is -1.69. The maximum Gasteiger partial charge on any atom is 0.337 e. The van der Waals surface area contributed by atoms with Crippen LogP contribution >= 0.6 is 0 Å². The summed E-state index contributed by atoms with van der Waals surface area (Å²) < 4.78 is 0. The molecule has 0 radical (unpaired) electrons. The van der Waals surface area contributed by atoms with E-state index in [2.05, 4.69) is 0 Å². The molecular formula is C10H12O8. The average molecular weight is 260 g/mol. The van der Waals surface area contributed by atoms with Crippen molar-refractivity contribution in [2.24, 2.45) is 0 Å². The second-order valence-electron chi connectivity index (χ2n) is 3.04. The van der Waals surface area contributed by atoms with Crippen molar-refractivity contribution < 1.29 is 40.2 Å². The Morgan fingerprint density at radius 3 is 1.94 bits per heavy atom. The molecule has 0 aliphatic rings. The summed E-state index contributed by atoms with van der Waals surface area (Å²) in [4.78, 5) is 19.4. The molecule has 100 valence electrons. The van der Waals surface area contributed by atoms with Crippen LogP contribution in [-0.4, -0.2) is 49.2 Å². The van der Waals surface area contributed by atoms with Crippen LogP contribution in [0.5, 0.6) is 11.5 Å². The summed E-state index contributed by atoms with van der Waals surface area (Å²) >= 11 is 0. The van der Waals surface area contributed by atoms with Crippen molar-refractivity contribution in [1.82, 2.24) is 0 Å². The molecule has 0 aromatic heterocycles. The minimum absolute atomic E-state index is 0.0165. The number of carboxylic acid groups (broad SMARTS) is 2. The molecule has 0 heterocycles. The van der Waals surface area contributed by atoms with Crippen LogP contribution in [0.2, 0.25) is 0 Å². The fourth-order valence-corrected chi connectivity index (χ4v) is 0.853. The molecule has 1 rings (SSSR count). The smallest absolute Gasteiger partial charge is 0.337 e. The molecule has 1 aromatic rings. The van der Waals surface area contributed by atoms with Gasteiger partial charge in [-0.25, -0.2) is 9.59 Å². The predicted molar refractivity (Wildman–Crippen MR) is 57.1 cm³/mol. The number of hydrogen-bond donors (Lipinski definition) is 6. The first-order valence-electron chi connectivity index (χ1n) is 4.55. The Kier molecular flexibility index (Phi) is 6.18. The maximum atomic E-state index is 10.3. The van der Waals surface area contributed by atoms with Crippen molar-refractivity contribution in [3.63, 3.8) is 0 Å². The van der Waals surface area contributed by atoms with Crippen LogP contribution in [0.15, 0.2) is 18.2 Å². The zero-order chi connectivity index (χ0) is 14.3. The fourth-order valence-electron chi connectivity index (χ4n) is 0.853. The molecular weight excluding hydrogens is 248 g/mol. The van der Waals surface area contributed by atoms with Gasteiger partial charge in [-0.1, -0.05) is 6.07 Å². The van der Waals surface area contributed by atoms with E-state index in [1.807, 2.05) is 0 Å². The van der Waals surface area contributed by atoms with E-state index in [4.69, 9.17) is 35.4 Å². The van der Waals surface area contributed by atoms with Gasteiger partial charge in [0.1, 0.15) is 6.61 Å². The van der Waals surface area contributed by atoms with E-state index in [1.165, 1.54) is 6.07 Å². The van der Waals surface area contributed by atoms with E-state index < -0.39 is 30.4 Å². The van der Waals surface area contributed by atoms with Crippen molar-refractivity contribution >= 4 is 11.9 Å². The van der Waals surface area contributed by atoms with E-state index in [-0.39, 0.29) is 11.3 Å². The van der Waals surface area contributed by atoms with Gasteiger partial charge >= 0.3 is 11.9 Å². The maximum absolute atomic E-state index is 10.3. The number of carbonyl (C=O) groups is 2. The van der Waals surface area contributed by atoms with Gasteiger partial charge in [0.25, 0.3) is 0 Å². The Morgan fingerprint density at radius 2 is 1.61 bits per heavy atom. The highest BCUT2D eigenvalue weighted by Crippen LogP contribution is 2.27. The summed E-state index contributed by atoms with van der Waals surface area (Å²) in [6.07, 6.45) is -1.69. The normalized spacial score (nSPS) is 11.0. The lowest BCUT2D eigenvalue weighted by atomic mass is 10.1. The number of phenolic OH excluding ortho intramolecular Hbond substituents is 2. The first kappa shape index (κ1) is 15.7. The number of carboxylic acids is 2. The third-order valence-electron chi connectivity index (χ3n) is 1.68. The van der Waals surface area contributed by atoms with Gasteiger partial charge in [-0.3, -0.25) is 0 Å². The second-order valence-corrected chi connectivity index (χ2v) is 3.04. The van der Waals surface area contributed by atoms with Crippen LogP contribution < -0.4 is 0 Å². The third kappa shape index (κ3) is 5.14. The summed E-state index contributed by atoms with van der Waals surface area (Å²) in [6, 6.07) is 3.32. The van der Waals surface area contributed by atoms with Crippen LogP contribution in [0.3, 0.4) is 0 Å². The monoisotopic (exact) mass is 260 g/mol. The highest BCUT2D eigenvalue weighted by atomic mass is 16.4. The summed E-state index contributed by atoms with van der Waals surface area (Å²) in [5.41, 5.74) is 0.0165. The highest BCUT2D eigenvalue weighted by Gasteiger charge is 2.16. The molecule has 0 fully saturated rings. The first-order valence-corrected chi connectivity index (χ1v) is 4.55. The number of aliphatic hydroxyl groups is 2. The molecule has 18 heavy (non-hydrogen) atoms. The van der Waals surface area contributed by atoms with E-state index in [0.717, 1.165) is 12.1 Å². The van der Waals surface area contributed by atoms with Gasteiger partial charge in [0.2, 0.25) is 0 Å². The number of aromatic hydroxyl groups is 2. The fraction of sp³-hybridized carbons (Fsp3) is 0.200. The summed E-state index contributed by atoms with van der Waals surface area (Å²) in [5, 5.41) is 50.3. The molecule has 0 saturated heterocycles. The summed E-state index contributed by atoms with van der Waals surface area (Å²) in [5.74, 6) is -3.42. The molecule has 0 saturated carbocycles. The molecule has 8 heteroatoms. The third-order valence-corrected chi connectivity index (χ3v) is 1.68. The SMILES string of the molecule is O=C(O)C(O)c1ccc(O)c(O)c1.O=C(O)CO. The van der Waals surface area contributed by atoms with E-state index in [9.17, 15) is 4.79 Å². The topological polar surface area (TPSA) is 156 Å². The lowest BCUT2D eigenvalue weighted by molar-refractivity contribution is -0.147. The number of benzene rings is 1. The standard InChI is InChI=1S/C8H8O5.C2H4O3/c9-5-2-1-4(3-6(5)10)7(11)8(12)13;3-1-2(4)5/h1-3,7,9-11H,(H,12,13);3H,1H2,(H,4,5). The van der Waals surface area contributed by atoms with Crippen molar-refractivity contribution in [1.29, 1.82) is 0 Å². The first-order chi connectivity index (χ1) is 8.29. The molecule has 0 aliphatic carbocycles. The number of aliphatic hydroxyl groups excluding tert-OH is 2. The quantitative estimate of drug-likeness (QED) is 0.389. The van der Waals surface area contributed by atoms with Gasteiger partial charge in [0, 0.05) is 0 Å². The zero-order valence-corrected chi connectivity index (χ0v) is 9.02. The average Bonchev–Trinajstić information content (AvgIpc) is 2.32. The Labute approximate surface area is 101 Å². The van der Waals surface area contributed by atoms with Gasteiger partial charge in [-0.15, -0.1) is 0 Å². The van der Waals surface area contributed by atoms with Gasteiger partial charge in [0.15, 0.2) is 17.6 Å². The second kappa shape index (κ2) is 7.09. The molecule has 0 aliphatic heterocycles. The van der Waals surface area contributed by atoms with Gasteiger partial charge in [-0.2, -0.15) is 0 Å². The summed E-state index contributed by atoms with van der Waals surface area (Å²) in [7, 11) is 0. The molecule has 0 amide bonds. The summed E-state index contributed by atoms with van der Waals surface area (Å²) in [6.45, 7) is -0.778. The Morgan fingerprint density at radius 1 is 1.11 bits per heavy atom. The van der Waals surface area contributed by atoms with E-state index in [1.54, 1.807) is 0 Å². The van der Waals surface area contributed by atoms with Crippen LogP contribution in [0.25, 0.3) is 0 Å². The predicted octanol–water partition coefficient (Wildman–Crippen LogP) is -0.721. The Balaban J connectivity index is 0.000000494. The van der Waals surface area contributed by atoms with Crippen LogP contribution in [0, 0.1) is 0 Å². The number of hydrogen-bond acceptors (Lipinski definition) is 6. The molecule has 1 atom stereocenters. The zero-order valence-electron chi connectivity index (χ0n) is 9.02. The largest absolute Gasteiger partial charge is 0.504 e. The minimum Gasteiger partial charge on any atom is -0.504 e. The molecule has 0 spiro atoms. The van der Waals surface area contributed by atoms with Crippen molar-refractivity contribution in [2.45, 2.75) is 6.10 Å². The van der Waals surface area contributed by atoms with Crippen molar-refractivity contribution in [3.05, 3.63) is 23.8 Å². The molecule has 8 nitrogen and oxygen atoms in total. The molecule has 1 aromatic carbocycles. The number of phenols is 2. The highest BCUT2D eigenvalue weighted by molar-refractivity contribution is 5.74. The van der Waals surface area contributed by atoms with Gasteiger partial charge in [0.05, 0.1) is 0 Å². The van der Waals surface area contributed by atoms with E-state index in [0.29, 0.717) is 0 Å². The Hall–Kier alpha value is -2.32.